The fourth-order valence-electron chi connectivity index (χ4n) is 4.04. The zero-order valence-corrected chi connectivity index (χ0v) is 20.0. The number of nitrogens with one attached hydrogen (secondary N) is 1. The number of thiocarbonyl (C=S) groups is 1. The number of methoxy groups -OCH3 is 1. The van der Waals surface area contributed by atoms with Crippen LogP contribution in [-0.4, -0.2) is 41.7 Å². The number of anilines is 1. The highest BCUT2D eigenvalue weighted by Crippen LogP contribution is 2.36. The van der Waals surface area contributed by atoms with Crippen molar-refractivity contribution in [2.24, 2.45) is 5.16 Å². The molecule has 0 amide bonds. The molecule has 2 aliphatic rings. The van der Waals surface area contributed by atoms with E-state index < -0.39 is 0 Å². The maximum absolute atomic E-state index is 5.93. The molecule has 32 heavy (non-hydrogen) atoms. The van der Waals surface area contributed by atoms with Gasteiger partial charge in [-0.05, 0) is 47.5 Å². The highest BCUT2D eigenvalue weighted by molar-refractivity contribution is 7.80. The van der Waals surface area contributed by atoms with Crippen molar-refractivity contribution in [1.82, 2.24) is 5.06 Å². The van der Waals surface area contributed by atoms with Crippen LogP contribution in [0.4, 0.5) is 5.69 Å². The van der Waals surface area contributed by atoms with E-state index in [-0.39, 0.29) is 11.0 Å². The predicted octanol–water partition coefficient (Wildman–Crippen LogP) is 5.28. The Morgan fingerprint density at radius 3 is 2.50 bits per heavy atom. The molecule has 1 N–H and O–H groups in total. The summed E-state index contributed by atoms with van der Waals surface area (Å²) in [6.07, 6.45) is 2.44. The van der Waals surface area contributed by atoms with Gasteiger partial charge in [-0.1, -0.05) is 50.2 Å². The van der Waals surface area contributed by atoms with E-state index in [1.54, 1.807) is 7.11 Å². The second kappa shape index (κ2) is 9.08. The summed E-state index contributed by atoms with van der Waals surface area (Å²) >= 11 is 5.41. The standard InChI is InChI=1S/C25H31N3O3S/c1-24(2,3)19-8-10-20(11-9-19)26-23(32)30-28-14-12-25(13-15-28)17-22(27-31-25)18-6-5-7-21(16-18)29-4/h5-11,16H,12-15,17H2,1-4H3,(H,26,32). The number of hydrogen-bond donors (Lipinski definition) is 1. The average molecular weight is 454 g/mol. The monoisotopic (exact) mass is 453 g/mol. The first-order valence-electron chi connectivity index (χ1n) is 11.0. The van der Waals surface area contributed by atoms with Crippen LogP contribution < -0.4 is 10.1 Å². The van der Waals surface area contributed by atoms with Crippen molar-refractivity contribution in [3.63, 3.8) is 0 Å². The van der Waals surface area contributed by atoms with Gasteiger partial charge in [0.1, 0.15) is 11.4 Å². The minimum atomic E-state index is -0.268. The maximum atomic E-state index is 5.93. The fourth-order valence-corrected chi connectivity index (χ4v) is 4.27. The highest BCUT2D eigenvalue weighted by atomic mass is 32.1. The summed E-state index contributed by atoms with van der Waals surface area (Å²) in [5, 5.41) is 9.81. The Kier molecular flexibility index (Phi) is 6.40. The number of oxime groups is 1. The van der Waals surface area contributed by atoms with E-state index in [4.69, 9.17) is 26.6 Å². The van der Waals surface area contributed by atoms with Crippen LogP contribution in [0.15, 0.2) is 53.7 Å². The number of nitrogens with zero attached hydrogens (tertiary/aromatic N) is 2. The second-order valence-corrected chi connectivity index (χ2v) is 9.85. The van der Waals surface area contributed by atoms with Crippen molar-refractivity contribution in [3.8, 4) is 5.75 Å². The van der Waals surface area contributed by atoms with Crippen LogP contribution in [0.2, 0.25) is 0 Å². The lowest BCUT2D eigenvalue weighted by Crippen LogP contribution is -2.45. The molecule has 0 radical (unpaired) electrons. The van der Waals surface area contributed by atoms with E-state index in [1.807, 2.05) is 41.5 Å². The van der Waals surface area contributed by atoms with Gasteiger partial charge in [0.05, 0.1) is 12.8 Å². The quantitative estimate of drug-likeness (QED) is 0.636. The van der Waals surface area contributed by atoms with E-state index in [0.717, 1.165) is 55.1 Å². The molecule has 2 aromatic rings. The summed E-state index contributed by atoms with van der Waals surface area (Å²) in [5.74, 6) is 0.823. The molecule has 1 fully saturated rings. The van der Waals surface area contributed by atoms with Crippen LogP contribution in [-0.2, 0) is 15.1 Å². The molecule has 7 heteroatoms. The lowest BCUT2D eigenvalue weighted by atomic mass is 9.86. The molecule has 1 saturated heterocycles. The molecule has 2 heterocycles. The van der Waals surface area contributed by atoms with Crippen LogP contribution in [0.3, 0.4) is 0 Å². The minimum absolute atomic E-state index is 0.123. The number of ether oxygens (including phenoxy) is 1. The molecular weight excluding hydrogens is 422 g/mol. The van der Waals surface area contributed by atoms with Crippen LogP contribution >= 0.6 is 12.2 Å². The third-order valence-corrected chi connectivity index (χ3v) is 6.26. The van der Waals surface area contributed by atoms with Crippen molar-refractivity contribution >= 4 is 28.8 Å². The third kappa shape index (κ3) is 5.22. The molecule has 170 valence electrons. The SMILES string of the molecule is COc1cccc(C2=NOC3(CCN(OC(=S)Nc4ccc(C(C)(C)C)cc4)CC3)C2)c1. The van der Waals surface area contributed by atoms with Gasteiger partial charge in [0.25, 0.3) is 5.17 Å². The summed E-state index contributed by atoms with van der Waals surface area (Å²) in [6, 6.07) is 16.2. The van der Waals surface area contributed by atoms with Gasteiger partial charge in [-0.25, -0.2) is 0 Å². The Labute approximate surface area is 195 Å². The maximum Gasteiger partial charge on any atom is 0.283 e. The van der Waals surface area contributed by atoms with Gasteiger partial charge in [0.15, 0.2) is 0 Å². The van der Waals surface area contributed by atoms with Gasteiger partial charge in [0, 0.05) is 43.6 Å². The lowest BCUT2D eigenvalue weighted by molar-refractivity contribution is -0.143. The number of piperidine rings is 1. The molecule has 0 unspecified atom stereocenters. The Balaban J connectivity index is 1.26. The summed E-state index contributed by atoms with van der Waals surface area (Å²) in [6.45, 7) is 8.05. The smallest absolute Gasteiger partial charge is 0.283 e. The van der Waals surface area contributed by atoms with Crippen LogP contribution in [0.5, 0.6) is 5.75 Å². The summed E-state index contributed by atoms with van der Waals surface area (Å²) in [5.41, 5.74) is 4.07. The van der Waals surface area contributed by atoms with E-state index in [2.05, 4.69) is 43.4 Å². The first-order chi connectivity index (χ1) is 15.3. The molecule has 6 nitrogen and oxygen atoms in total. The van der Waals surface area contributed by atoms with Crippen molar-refractivity contribution in [1.29, 1.82) is 0 Å². The average Bonchev–Trinajstić information content (AvgIpc) is 3.19. The van der Waals surface area contributed by atoms with Gasteiger partial charge < -0.3 is 19.7 Å². The summed E-state index contributed by atoms with van der Waals surface area (Å²) in [4.78, 5) is 11.8. The largest absolute Gasteiger partial charge is 0.497 e. The normalized spacial score (nSPS) is 18.1. The number of hydrogen-bond acceptors (Lipinski definition) is 6. The lowest BCUT2D eigenvalue weighted by Gasteiger charge is -2.36. The summed E-state index contributed by atoms with van der Waals surface area (Å²) in [7, 11) is 1.67. The molecule has 0 aromatic heterocycles. The molecule has 0 aliphatic carbocycles. The molecule has 2 aliphatic heterocycles. The summed E-state index contributed by atoms with van der Waals surface area (Å²) < 4.78 is 5.33. The number of hydroxylamine groups is 2. The van der Waals surface area contributed by atoms with Gasteiger partial charge in [-0.2, -0.15) is 0 Å². The van der Waals surface area contributed by atoms with Crippen molar-refractivity contribution in [3.05, 3.63) is 59.7 Å². The first kappa shape index (κ1) is 22.6. The Morgan fingerprint density at radius 1 is 1.12 bits per heavy atom. The van der Waals surface area contributed by atoms with Crippen molar-refractivity contribution < 1.29 is 14.4 Å². The first-order valence-corrected chi connectivity index (χ1v) is 11.4. The van der Waals surface area contributed by atoms with E-state index in [0.29, 0.717) is 5.17 Å². The Hall–Kier alpha value is -2.64. The molecular formula is C25H31N3O3S. The van der Waals surface area contributed by atoms with E-state index >= 15 is 0 Å². The second-order valence-electron chi connectivity index (χ2n) is 9.48. The zero-order valence-electron chi connectivity index (χ0n) is 19.2. The Bertz CT molecular complexity index is 990. The van der Waals surface area contributed by atoms with Gasteiger partial charge in [-0.15, -0.1) is 5.06 Å². The van der Waals surface area contributed by atoms with Gasteiger partial charge >= 0.3 is 0 Å². The van der Waals surface area contributed by atoms with Crippen LogP contribution in [0, 0.1) is 0 Å². The molecule has 0 bridgehead atoms. The predicted molar refractivity (Wildman–Crippen MR) is 131 cm³/mol. The van der Waals surface area contributed by atoms with Gasteiger partial charge in [-0.3, -0.25) is 0 Å². The van der Waals surface area contributed by atoms with Crippen molar-refractivity contribution in [2.45, 2.75) is 51.0 Å². The third-order valence-electron chi connectivity index (χ3n) is 6.09. The number of benzene rings is 2. The van der Waals surface area contributed by atoms with Crippen LogP contribution in [0.1, 0.15) is 51.2 Å². The van der Waals surface area contributed by atoms with E-state index in [9.17, 15) is 0 Å². The molecule has 2 aromatic carbocycles. The highest BCUT2D eigenvalue weighted by Gasteiger charge is 2.43. The molecule has 4 rings (SSSR count). The fraction of sp³-hybridized carbons (Fsp3) is 0.440. The minimum Gasteiger partial charge on any atom is -0.497 e. The van der Waals surface area contributed by atoms with E-state index in [1.165, 1.54) is 5.56 Å². The molecule has 1 spiro atoms. The number of rotatable bonds is 4. The topological polar surface area (TPSA) is 55.3 Å². The molecule has 0 saturated carbocycles. The van der Waals surface area contributed by atoms with Gasteiger partial charge in [0.2, 0.25) is 0 Å². The Morgan fingerprint density at radius 2 is 1.84 bits per heavy atom. The van der Waals surface area contributed by atoms with Crippen LogP contribution in [0.25, 0.3) is 0 Å². The zero-order chi connectivity index (χ0) is 22.8. The molecule has 0 atom stereocenters. The van der Waals surface area contributed by atoms with Crippen molar-refractivity contribution in [2.75, 3.05) is 25.5 Å².